The Morgan fingerprint density at radius 2 is 0.710 bits per heavy atom. The molecule has 0 bridgehead atoms. The molecule has 0 saturated carbocycles. The molecule has 0 amide bonds. The SMILES string of the molecule is CC(C)(C)c1ccc(C=S)c(N)c1.CC(C)(C)c1ccc(SCc2ccccc2)c(N)c1.CC(C)Sc1ccc(C(C)(C)C)cc1N.CCCCC(CC)CSc1ccc(C(C)(C)C)cc1N.CSc1ccc(C(C)(C)C)cc1N.CSc1ccc(C(C)(C)C)cc1N. The molecule has 0 saturated heterocycles. The maximum absolute atomic E-state index is 6.23. The van der Waals surface area contributed by atoms with E-state index in [4.69, 9.17) is 46.6 Å². The molecule has 0 fully saturated rings. The number of benzene rings is 7. The number of unbranched alkanes of at least 4 members (excludes halogenated alkanes) is 1. The molecule has 12 heteroatoms. The van der Waals surface area contributed by atoms with Crippen LogP contribution in [0.4, 0.5) is 34.1 Å². The van der Waals surface area contributed by atoms with Gasteiger partial charge in [0, 0.05) is 86.3 Å². The van der Waals surface area contributed by atoms with E-state index in [2.05, 4.69) is 274 Å². The van der Waals surface area contributed by atoms with Crippen molar-refractivity contribution in [1.82, 2.24) is 0 Å². The lowest BCUT2D eigenvalue weighted by Gasteiger charge is -2.21. The number of nitrogen functional groups attached to an aromatic ring is 6. The van der Waals surface area contributed by atoms with Gasteiger partial charge in [-0.05, 0) is 163 Å². The van der Waals surface area contributed by atoms with E-state index < -0.39 is 0 Å². The fraction of sp³-hybridized carbons (Fsp3) is 0.469. The molecule has 1 atom stereocenters. The Hall–Kier alpha value is -4.82. The summed E-state index contributed by atoms with van der Waals surface area (Å²) in [5.41, 5.74) is 52.4. The summed E-state index contributed by atoms with van der Waals surface area (Å²) in [4.78, 5) is 5.92. The van der Waals surface area contributed by atoms with E-state index in [0.717, 1.165) is 66.0 Å². The number of anilines is 6. The van der Waals surface area contributed by atoms with Crippen molar-refractivity contribution < 1.29 is 0 Å². The first-order valence-electron chi connectivity index (χ1n) is 32.9. The van der Waals surface area contributed by atoms with Crippen molar-refractivity contribution in [3.05, 3.63) is 184 Å². The van der Waals surface area contributed by atoms with Crippen LogP contribution in [0.3, 0.4) is 0 Å². The van der Waals surface area contributed by atoms with Crippen molar-refractivity contribution >= 4 is 111 Å². The minimum absolute atomic E-state index is 0.147. The highest BCUT2D eigenvalue weighted by Crippen LogP contribution is 2.37. The predicted molar refractivity (Wildman–Crippen MR) is 435 cm³/mol. The molecule has 93 heavy (non-hydrogen) atoms. The first kappa shape index (κ1) is 84.3. The van der Waals surface area contributed by atoms with Gasteiger partial charge in [0.15, 0.2) is 0 Å². The van der Waals surface area contributed by atoms with Crippen molar-refractivity contribution in [2.45, 2.75) is 246 Å². The van der Waals surface area contributed by atoms with E-state index in [0.29, 0.717) is 5.25 Å². The van der Waals surface area contributed by atoms with Gasteiger partial charge in [-0.3, -0.25) is 0 Å². The molecular weight excluding hydrogens is 1250 g/mol. The van der Waals surface area contributed by atoms with Crippen LogP contribution in [0.15, 0.2) is 164 Å². The fourth-order valence-electron chi connectivity index (χ4n) is 9.06. The Kier molecular flexibility index (Phi) is 35.2. The zero-order chi connectivity index (χ0) is 70.9. The Balaban J connectivity index is 0.000000384. The van der Waals surface area contributed by atoms with Gasteiger partial charge < -0.3 is 34.4 Å². The number of thiocarbonyl (C=S) groups is 1. The molecule has 0 spiro atoms. The number of thioether (sulfide) groups is 5. The smallest absolute Gasteiger partial charge is 0.0455 e. The molecule has 7 aromatic rings. The van der Waals surface area contributed by atoms with E-state index in [9.17, 15) is 0 Å². The van der Waals surface area contributed by atoms with Gasteiger partial charge in [0.05, 0.1) is 0 Å². The summed E-state index contributed by atoms with van der Waals surface area (Å²) in [6, 6.07) is 48.6. The van der Waals surface area contributed by atoms with Crippen LogP contribution in [0.25, 0.3) is 0 Å². The Labute approximate surface area is 594 Å². The number of hydrogen-bond donors (Lipinski definition) is 6. The third-order valence-corrected chi connectivity index (χ3v) is 21.0. The Morgan fingerprint density at radius 3 is 0.989 bits per heavy atom. The number of nitrogens with two attached hydrogens (primary N) is 6. The van der Waals surface area contributed by atoms with Crippen molar-refractivity contribution in [2.24, 2.45) is 5.92 Å². The second kappa shape index (κ2) is 38.8. The van der Waals surface area contributed by atoms with Crippen LogP contribution >= 0.6 is 71.0 Å². The lowest BCUT2D eigenvalue weighted by molar-refractivity contribution is 0.499. The summed E-state index contributed by atoms with van der Waals surface area (Å²) >= 11 is 13.8. The van der Waals surface area contributed by atoms with E-state index in [1.165, 1.54) is 80.2 Å². The fourth-order valence-corrected chi connectivity index (χ4v) is 13.2. The second-order valence-electron chi connectivity index (χ2n) is 30.3. The first-order chi connectivity index (χ1) is 43.0. The van der Waals surface area contributed by atoms with Gasteiger partial charge in [0.1, 0.15) is 0 Å². The van der Waals surface area contributed by atoms with Crippen molar-refractivity contribution in [3.8, 4) is 0 Å². The summed E-state index contributed by atoms with van der Waals surface area (Å²) in [5, 5.41) is 2.19. The molecule has 6 nitrogen and oxygen atoms in total. The molecule has 512 valence electrons. The minimum atomic E-state index is 0.147. The van der Waals surface area contributed by atoms with Gasteiger partial charge in [0.2, 0.25) is 0 Å². The third kappa shape index (κ3) is 30.9. The van der Waals surface area contributed by atoms with Gasteiger partial charge in [0.25, 0.3) is 0 Å². The molecule has 0 aliphatic heterocycles. The van der Waals surface area contributed by atoms with E-state index in [1.54, 1.807) is 40.7 Å². The molecule has 0 heterocycles. The molecule has 0 aliphatic rings. The highest BCUT2D eigenvalue weighted by Gasteiger charge is 2.20. The summed E-state index contributed by atoms with van der Waals surface area (Å²) in [6.07, 6.45) is 9.35. The number of hydrogen-bond acceptors (Lipinski definition) is 12. The molecule has 0 aromatic heterocycles. The van der Waals surface area contributed by atoms with E-state index >= 15 is 0 Å². The zero-order valence-corrected chi connectivity index (χ0v) is 66.6. The molecule has 1 unspecified atom stereocenters. The van der Waals surface area contributed by atoms with Crippen LogP contribution in [-0.2, 0) is 38.2 Å². The molecule has 0 aliphatic carbocycles. The lowest BCUT2D eigenvalue weighted by Crippen LogP contribution is -2.11. The normalized spacial score (nSPS) is 12.1. The average Bonchev–Trinajstić information content (AvgIpc) is 1.05. The zero-order valence-electron chi connectivity index (χ0n) is 61.7. The van der Waals surface area contributed by atoms with Gasteiger partial charge in [-0.25, -0.2) is 0 Å². The molecule has 0 radical (unpaired) electrons. The molecule has 12 N–H and O–H groups in total. The largest absolute Gasteiger partial charge is 0.398 e. The van der Waals surface area contributed by atoms with Crippen LogP contribution in [0.1, 0.15) is 223 Å². The standard InChI is InChI=1S/C18H31NS.C17H21NS.C13H21NS.2C11H17NS.C11H15NS/c1-6-8-9-14(7-2)13-20-17-11-10-15(12-16(17)19)18(3,4)5;1-17(2,3)14-9-10-16(15(18)11-14)19-12-13-7-5-4-6-8-13;1-9(2)15-12-7-6-10(8-11(12)14)13(3,4)5;2*1-11(2,3)8-5-6-10(13-4)9(12)7-8;1-11(2,3)9-5-4-8(7-13)10(12)6-9/h10-12,14H,6-9,13,19H2,1-5H3;4-11H,12,18H2,1-3H3;6-9H,14H2,1-5H3;2*5-7H,12H2,1-4H3;4-7H,12H2,1-3H3. The van der Waals surface area contributed by atoms with Crippen LogP contribution in [0.2, 0.25) is 0 Å². The minimum Gasteiger partial charge on any atom is -0.398 e. The van der Waals surface area contributed by atoms with Gasteiger partial charge in [-0.15, -0.1) is 58.8 Å². The quantitative estimate of drug-likeness (QED) is 0.0329. The monoisotopic (exact) mass is 1370 g/mol. The summed E-state index contributed by atoms with van der Waals surface area (Å²) < 4.78 is 0. The van der Waals surface area contributed by atoms with E-state index in [-0.39, 0.29) is 32.5 Å². The summed E-state index contributed by atoms with van der Waals surface area (Å²) in [7, 11) is 0. The van der Waals surface area contributed by atoms with Gasteiger partial charge in [-0.2, -0.15) is 0 Å². The van der Waals surface area contributed by atoms with E-state index in [1.807, 2.05) is 54.2 Å². The Bertz CT molecular complexity index is 3290. The van der Waals surface area contributed by atoms with Crippen molar-refractivity contribution in [3.63, 3.8) is 0 Å². The first-order valence-corrected chi connectivity index (χ1v) is 38.7. The highest BCUT2D eigenvalue weighted by atomic mass is 32.2. The highest BCUT2D eigenvalue weighted by molar-refractivity contribution is 8.00. The van der Waals surface area contributed by atoms with Crippen LogP contribution in [-0.4, -0.2) is 28.9 Å². The van der Waals surface area contributed by atoms with Crippen LogP contribution in [0.5, 0.6) is 0 Å². The maximum Gasteiger partial charge on any atom is 0.0455 e. The number of rotatable bonds is 15. The topological polar surface area (TPSA) is 156 Å². The lowest BCUT2D eigenvalue weighted by atomic mass is 9.86. The average molecular weight is 1370 g/mol. The molecular formula is C81H122N6S6. The molecule has 7 rings (SSSR count). The van der Waals surface area contributed by atoms with Crippen LogP contribution in [0, 0.1) is 5.92 Å². The van der Waals surface area contributed by atoms with Gasteiger partial charge >= 0.3 is 0 Å². The summed E-state index contributed by atoms with van der Waals surface area (Å²) in [6.45, 7) is 48.5. The molecule has 7 aromatic carbocycles. The van der Waals surface area contributed by atoms with Crippen LogP contribution < -0.4 is 34.4 Å². The third-order valence-electron chi connectivity index (χ3n) is 15.5. The maximum atomic E-state index is 6.23. The predicted octanol–water partition coefficient (Wildman–Crippen LogP) is 24.3. The second-order valence-corrected chi connectivity index (χ2v) is 35.9. The van der Waals surface area contributed by atoms with Crippen molar-refractivity contribution in [1.29, 1.82) is 0 Å². The summed E-state index contributed by atoms with van der Waals surface area (Å²) in [5.74, 6) is 2.97. The van der Waals surface area contributed by atoms with Crippen molar-refractivity contribution in [2.75, 3.05) is 52.7 Å². The Morgan fingerprint density at radius 1 is 0.398 bits per heavy atom. The van der Waals surface area contributed by atoms with Gasteiger partial charge in [-0.1, -0.05) is 257 Å².